The van der Waals surface area contributed by atoms with Gasteiger partial charge in [-0.2, -0.15) is 0 Å². The Balaban J connectivity index is 1.84. The summed E-state index contributed by atoms with van der Waals surface area (Å²) in [6, 6.07) is 8.43. The Kier molecular flexibility index (Phi) is 5.49. The summed E-state index contributed by atoms with van der Waals surface area (Å²) in [4.78, 5) is 44.9. The van der Waals surface area contributed by atoms with Crippen LogP contribution in [0.1, 0.15) is 10.4 Å². The third-order valence-electron chi connectivity index (χ3n) is 3.59. The number of aromatic nitrogens is 3. The number of nitro groups is 2. The first kappa shape index (κ1) is 19.1. The second-order valence-corrected chi connectivity index (χ2v) is 5.39. The Bertz CT molecular complexity index is 1080. The van der Waals surface area contributed by atoms with Crippen molar-refractivity contribution in [1.29, 1.82) is 0 Å². The minimum Gasteiger partial charge on any atom is -0.334 e. The number of nitro benzene ring substituents is 1. The van der Waals surface area contributed by atoms with Crippen LogP contribution in [0, 0.1) is 20.2 Å². The molecule has 0 fully saturated rings. The molecule has 13 nitrogen and oxygen atoms in total. The Morgan fingerprint density at radius 2 is 1.62 bits per heavy atom. The first-order valence-electron chi connectivity index (χ1n) is 7.93. The summed E-state index contributed by atoms with van der Waals surface area (Å²) in [6.07, 6.45) is 4.03. The molecule has 0 aliphatic rings. The van der Waals surface area contributed by atoms with Gasteiger partial charge in [-0.05, 0) is 18.2 Å². The average molecular weight is 396 g/mol. The summed E-state index contributed by atoms with van der Waals surface area (Å²) >= 11 is 0. The molecule has 0 saturated heterocycles. The van der Waals surface area contributed by atoms with Gasteiger partial charge in [0.15, 0.2) is 0 Å². The topological polar surface area (TPSA) is 178 Å². The van der Waals surface area contributed by atoms with E-state index in [1.54, 1.807) is 12.1 Å². The van der Waals surface area contributed by atoms with E-state index in [1.807, 2.05) is 0 Å². The quantitative estimate of drug-likeness (QED) is 0.396. The number of carbonyl (C=O) groups excluding carboxylic acids is 1. The van der Waals surface area contributed by atoms with Gasteiger partial charge in [0.05, 0.1) is 9.85 Å². The number of benzene rings is 1. The van der Waals surface area contributed by atoms with Gasteiger partial charge in [-0.3, -0.25) is 40.9 Å². The zero-order chi connectivity index (χ0) is 20.8. The van der Waals surface area contributed by atoms with Crippen molar-refractivity contribution < 1.29 is 14.6 Å². The van der Waals surface area contributed by atoms with Crippen LogP contribution in [0.25, 0.3) is 0 Å². The van der Waals surface area contributed by atoms with Crippen LogP contribution in [-0.2, 0) is 0 Å². The van der Waals surface area contributed by atoms with Crippen LogP contribution < -0.4 is 16.2 Å². The van der Waals surface area contributed by atoms with Gasteiger partial charge in [-0.15, -0.1) is 0 Å². The molecule has 2 heterocycles. The first-order valence-corrected chi connectivity index (χ1v) is 7.93. The molecule has 3 aromatic rings. The number of hydrogen-bond acceptors (Lipinski definition) is 10. The molecule has 3 N–H and O–H groups in total. The zero-order valence-electron chi connectivity index (χ0n) is 14.5. The highest BCUT2D eigenvalue weighted by Gasteiger charge is 2.25. The van der Waals surface area contributed by atoms with Crippen LogP contribution in [0.2, 0.25) is 0 Å². The fourth-order valence-electron chi connectivity index (χ4n) is 2.31. The highest BCUT2D eigenvalue weighted by atomic mass is 16.6. The van der Waals surface area contributed by atoms with Crippen molar-refractivity contribution in [3.8, 4) is 0 Å². The molecule has 0 aliphatic carbocycles. The van der Waals surface area contributed by atoms with Crippen molar-refractivity contribution in [2.24, 2.45) is 0 Å². The van der Waals surface area contributed by atoms with E-state index in [0.29, 0.717) is 5.69 Å². The Hall–Kier alpha value is -4.68. The molecule has 0 atom stereocenters. The molecule has 29 heavy (non-hydrogen) atoms. The van der Waals surface area contributed by atoms with E-state index in [0.717, 1.165) is 6.33 Å². The number of rotatable bonds is 7. The van der Waals surface area contributed by atoms with Crippen LogP contribution in [-0.4, -0.2) is 30.7 Å². The molecule has 0 spiro atoms. The molecule has 0 unspecified atom stereocenters. The molecule has 13 heteroatoms. The molecule has 1 amide bonds. The molecule has 0 bridgehead atoms. The molecular weight excluding hydrogens is 384 g/mol. The lowest BCUT2D eigenvalue weighted by atomic mass is 10.2. The Labute approximate surface area is 162 Å². The van der Waals surface area contributed by atoms with Crippen LogP contribution in [0.5, 0.6) is 0 Å². The number of carbonyl (C=O) groups is 1. The lowest BCUT2D eigenvalue weighted by Gasteiger charge is -2.11. The van der Waals surface area contributed by atoms with Crippen LogP contribution in [0.4, 0.5) is 28.7 Å². The number of para-hydroxylation sites is 1. The molecule has 2 aromatic heterocycles. The Morgan fingerprint density at radius 3 is 2.31 bits per heavy atom. The summed E-state index contributed by atoms with van der Waals surface area (Å²) in [5.74, 6) is -1.30. The van der Waals surface area contributed by atoms with E-state index in [9.17, 15) is 25.0 Å². The van der Waals surface area contributed by atoms with Gasteiger partial charge in [0.2, 0.25) is 11.6 Å². The summed E-state index contributed by atoms with van der Waals surface area (Å²) in [6.45, 7) is 0. The minimum absolute atomic E-state index is 0.126. The minimum atomic E-state index is -0.867. The largest absolute Gasteiger partial charge is 0.355 e. The van der Waals surface area contributed by atoms with Gasteiger partial charge in [0.25, 0.3) is 11.6 Å². The number of hydrogen-bond donors (Lipinski definition) is 3. The molecule has 146 valence electrons. The molecule has 0 saturated carbocycles. The van der Waals surface area contributed by atoms with Crippen molar-refractivity contribution in [2.75, 3.05) is 10.7 Å². The highest BCUT2D eigenvalue weighted by Crippen LogP contribution is 2.30. The summed E-state index contributed by atoms with van der Waals surface area (Å²) in [5.41, 5.74) is 3.81. The van der Waals surface area contributed by atoms with Crippen LogP contribution in [0.15, 0.2) is 55.1 Å². The van der Waals surface area contributed by atoms with E-state index in [2.05, 4.69) is 31.1 Å². The zero-order valence-corrected chi connectivity index (χ0v) is 14.5. The van der Waals surface area contributed by atoms with E-state index in [4.69, 9.17) is 0 Å². The number of hydrazine groups is 1. The van der Waals surface area contributed by atoms with Gasteiger partial charge in [0.1, 0.15) is 11.9 Å². The third-order valence-corrected chi connectivity index (χ3v) is 3.59. The van der Waals surface area contributed by atoms with E-state index >= 15 is 0 Å². The monoisotopic (exact) mass is 396 g/mol. The van der Waals surface area contributed by atoms with Crippen molar-refractivity contribution in [2.45, 2.75) is 0 Å². The molecular formula is C16H12N8O5. The second-order valence-electron chi connectivity index (χ2n) is 5.39. The third kappa shape index (κ3) is 4.36. The van der Waals surface area contributed by atoms with E-state index in [1.165, 1.54) is 36.7 Å². The molecule has 1 aromatic carbocycles. The smallest absolute Gasteiger partial charge is 0.334 e. The predicted molar refractivity (Wildman–Crippen MR) is 100 cm³/mol. The van der Waals surface area contributed by atoms with Crippen molar-refractivity contribution >= 4 is 34.6 Å². The van der Waals surface area contributed by atoms with E-state index < -0.39 is 27.1 Å². The number of nitrogens with one attached hydrogen (secondary N) is 3. The SMILES string of the molecule is O=C(NNc1ncnc(Nc2ccncc2)c1[N+](=O)[O-])c1ccccc1[N+](=O)[O-]. The van der Waals surface area contributed by atoms with Gasteiger partial charge in [0, 0.05) is 24.1 Å². The van der Waals surface area contributed by atoms with Gasteiger partial charge < -0.3 is 5.32 Å². The summed E-state index contributed by atoms with van der Waals surface area (Å²) in [5, 5.41) is 25.3. The lowest BCUT2D eigenvalue weighted by Crippen LogP contribution is -2.30. The van der Waals surface area contributed by atoms with Crippen molar-refractivity contribution in [3.63, 3.8) is 0 Å². The van der Waals surface area contributed by atoms with Crippen molar-refractivity contribution in [1.82, 2.24) is 20.4 Å². The maximum Gasteiger partial charge on any atom is 0.355 e. The van der Waals surface area contributed by atoms with Gasteiger partial charge >= 0.3 is 5.69 Å². The van der Waals surface area contributed by atoms with Gasteiger partial charge in [-0.1, -0.05) is 12.1 Å². The number of anilines is 3. The molecule has 0 aliphatic heterocycles. The lowest BCUT2D eigenvalue weighted by molar-refractivity contribution is -0.385. The second kappa shape index (κ2) is 8.34. The van der Waals surface area contributed by atoms with Crippen LogP contribution in [0.3, 0.4) is 0 Å². The standard InChI is InChI=1S/C16H12N8O5/c25-16(11-3-1-2-4-12(11)23(26)27)22-21-15-13(24(28)29)14(18-9-19-15)20-10-5-7-17-8-6-10/h1-9H,(H,22,25)(H2,17,18,19,20,21). The van der Waals surface area contributed by atoms with Gasteiger partial charge in [-0.25, -0.2) is 9.97 Å². The number of nitrogens with zero attached hydrogens (tertiary/aromatic N) is 5. The van der Waals surface area contributed by atoms with E-state index in [-0.39, 0.29) is 17.2 Å². The molecule has 3 rings (SSSR count). The summed E-state index contributed by atoms with van der Waals surface area (Å²) < 4.78 is 0. The van der Waals surface area contributed by atoms with Crippen LogP contribution >= 0.6 is 0 Å². The average Bonchev–Trinajstić information content (AvgIpc) is 2.72. The van der Waals surface area contributed by atoms with Crippen molar-refractivity contribution in [3.05, 3.63) is 80.9 Å². The maximum atomic E-state index is 12.3. The number of amides is 1. The first-order chi connectivity index (χ1) is 14.0. The fourth-order valence-corrected chi connectivity index (χ4v) is 2.31. The molecule has 0 radical (unpaired) electrons. The fraction of sp³-hybridized carbons (Fsp3) is 0. The number of pyridine rings is 1. The summed E-state index contributed by atoms with van der Waals surface area (Å²) in [7, 11) is 0. The predicted octanol–water partition coefficient (Wildman–Crippen LogP) is 2.19. The maximum absolute atomic E-state index is 12.3. The highest BCUT2D eigenvalue weighted by molar-refractivity contribution is 5.98. The Morgan fingerprint density at radius 1 is 0.931 bits per heavy atom. The normalized spacial score (nSPS) is 10.1.